The Kier molecular flexibility index (Phi) is 7.42. The van der Waals surface area contributed by atoms with Crippen LogP contribution < -0.4 is 15.0 Å². The number of nitrogens with one attached hydrogen (secondary N) is 1. The molecule has 0 amide bonds. The van der Waals surface area contributed by atoms with Crippen LogP contribution in [0.1, 0.15) is 39.0 Å². The van der Waals surface area contributed by atoms with E-state index in [2.05, 4.69) is 52.3 Å². The van der Waals surface area contributed by atoms with Crippen LogP contribution >= 0.6 is 11.3 Å². The first-order chi connectivity index (χ1) is 18.6. The number of hydrogen-bond acceptors (Lipinski definition) is 8. The van der Waals surface area contributed by atoms with Crippen LogP contribution in [0.15, 0.2) is 54.9 Å². The number of anilines is 2. The van der Waals surface area contributed by atoms with E-state index in [1.807, 2.05) is 30.5 Å². The molecule has 1 saturated carbocycles. The number of fused-ring (bicyclic) bond motifs is 1. The smallest absolute Gasteiger partial charge is 0.184 e. The molecular formula is C30H36N6OS. The van der Waals surface area contributed by atoms with Gasteiger partial charge in [-0.05, 0) is 63.1 Å². The second-order valence-electron chi connectivity index (χ2n) is 10.7. The third kappa shape index (κ3) is 5.76. The van der Waals surface area contributed by atoms with Crippen molar-refractivity contribution in [2.45, 2.75) is 45.1 Å². The maximum Gasteiger partial charge on any atom is 0.184 e. The molecule has 198 valence electrons. The number of thiazole rings is 1. The number of hydrogen-bond donors (Lipinski definition) is 1. The van der Waals surface area contributed by atoms with E-state index in [1.54, 1.807) is 17.5 Å². The molecule has 8 heteroatoms. The topological polar surface area (TPSA) is 66.4 Å². The molecule has 1 aromatic carbocycles. The minimum Gasteiger partial charge on any atom is -0.457 e. The Morgan fingerprint density at radius 1 is 0.947 bits per heavy atom. The van der Waals surface area contributed by atoms with Crippen molar-refractivity contribution in [2.24, 2.45) is 5.92 Å². The van der Waals surface area contributed by atoms with Crippen molar-refractivity contribution < 1.29 is 4.74 Å². The molecule has 0 spiro atoms. The zero-order chi connectivity index (χ0) is 25.9. The standard InChI is InChI=1S/C30H36N6OS/c1-21(22-6-4-3-5-7-22)33-30-34-26-10-9-24(19-28(26)38-30)37-25-12-13-31-27(18-25)23-8-11-29(32-20-23)36-16-14-35(2)15-17-36/h8-13,18-22H,3-7,14-17H2,1-2H3,(H,33,34)/t21-/m0/s1. The summed E-state index contributed by atoms with van der Waals surface area (Å²) in [6.07, 6.45) is 10.4. The lowest BCUT2D eigenvalue weighted by atomic mass is 9.85. The molecule has 4 aromatic rings. The van der Waals surface area contributed by atoms with Crippen molar-refractivity contribution in [3.8, 4) is 22.8 Å². The highest BCUT2D eigenvalue weighted by molar-refractivity contribution is 7.22. The molecule has 1 saturated heterocycles. The summed E-state index contributed by atoms with van der Waals surface area (Å²) >= 11 is 1.70. The first kappa shape index (κ1) is 25.1. The van der Waals surface area contributed by atoms with E-state index < -0.39 is 0 Å². The number of ether oxygens (including phenoxy) is 1. The second kappa shape index (κ2) is 11.3. The minimum absolute atomic E-state index is 0.451. The number of benzene rings is 1. The zero-order valence-electron chi connectivity index (χ0n) is 22.3. The predicted molar refractivity (Wildman–Crippen MR) is 157 cm³/mol. The van der Waals surface area contributed by atoms with Gasteiger partial charge in [0.15, 0.2) is 5.13 Å². The Morgan fingerprint density at radius 3 is 2.55 bits per heavy atom. The second-order valence-corrected chi connectivity index (χ2v) is 11.7. The van der Waals surface area contributed by atoms with Crippen LogP contribution in [0.4, 0.5) is 10.9 Å². The van der Waals surface area contributed by atoms with Gasteiger partial charge in [0.1, 0.15) is 17.3 Å². The van der Waals surface area contributed by atoms with Gasteiger partial charge in [-0.25, -0.2) is 9.97 Å². The summed E-state index contributed by atoms with van der Waals surface area (Å²) in [5, 5.41) is 4.66. The highest BCUT2D eigenvalue weighted by Crippen LogP contribution is 2.34. The van der Waals surface area contributed by atoms with Crippen molar-refractivity contribution >= 4 is 32.5 Å². The predicted octanol–water partition coefficient (Wildman–Crippen LogP) is 6.68. The molecule has 0 radical (unpaired) electrons. The summed E-state index contributed by atoms with van der Waals surface area (Å²) < 4.78 is 7.37. The minimum atomic E-state index is 0.451. The summed E-state index contributed by atoms with van der Waals surface area (Å²) in [6.45, 7) is 6.44. The largest absolute Gasteiger partial charge is 0.457 e. The van der Waals surface area contributed by atoms with E-state index in [9.17, 15) is 0 Å². The number of aromatic nitrogens is 3. The average molecular weight is 529 g/mol. The van der Waals surface area contributed by atoms with Gasteiger partial charge in [0.2, 0.25) is 0 Å². The van der Waals surface area contributed by atoms with E-state index in [4.69, 9.17) is 14.7 Å². The van der Waals surface area contributed by atoms with E-state index in [0.717, 1.165) is 76.0 Å². The molecule has 38 heavy (non-hydrogen) atoms. The van der Waals surface area contributed by atoms with Gasteiger partial charge in [-0.1, -0.05) is 30.6 Å². The van der Waals surface area contributed by atoms with E-state index >= 15 is 0 Å². The fraction of sp³-hybridized carbons (Fsp3) is 0.433. The molecule has 0 unspecified atom stereocenters. The molecule has 3 aromatic heterocycles. The highest BCUT2D eigenvalue weighted by atomic mass is 32.1. The van der Waals surface area contributed by atoms with Crippen molar-refractivity contribution in [1.29, 1.82) is 0 Å². The van der Waals surface area contributed by atoms with E-state index in [-0.39, 0.29) is 0 Å². The lowest BCUT2D eigenvalue weighted by Gasteiger charge is -2.33. The molecule has 6 rings (SSSR count). The normalized spacial score (nSPS) is 18.0. The van der Waals surface area contributed by atoms with Gasteiger partial charge in [0.05, 0.1) is 15.9 Å². The van der Waals surface area contributed by atoms with Crippen LogP contribution in [-0.4, -0.2) is 59.1 Å². The van der Waals surface area contributed by atoms with Crippen LogP contribution in [-0.2, 0) is 0 Å². The monoisotopic (exact) mass is 528 g/mol. The average Bonchev–Trinajstić information content (AvgIpc) is 3.36. The number of nitrogens with zero attached hydrogens (tertiary/aromatic N) is 5. The Labute approximate surface area is 228 Å². The lowest BCUT2D eigenvalue weighted by molar-refractivity contribution is 0.312. The van der Waals surface area contributed by atoms with Gasteiger partial charge in [0, 0.05) is 62.3 Å². The van der Waals surface area contributed by atoms with E-state index in [1.165, 1.54) is 32.1 Å². The van der Waals surface area contributed by atoms with Crippen molar-refractivity contribution in [3.05, 3.63) is 54.9 Å². The van der Waals surface area contributed by atoms with Gasteiger partial charge < -0.3 is 19.9 Å². The zero-order valence-corrected chi connectivity index (χ0v) is 23.1. The molecule has 4 heterocycles. The van der Waals surface area contributed by atoms with Crippen LogP contribution in [0.2, 0.25) is 0 Å². The van der Waals surface area contributed by atoms with Crippen molar-refractivity contribution in [1.82, 2.24) is 19.9 Å². The van der Waals surface area contributed by atoms with Gasteiger partial charge in [-0.15, -0.1) is 0 Å². The third-order valence-corrected chi connectivity index (χ3v) is 8.86. The number of pyridine rings is 2. The summed E-state index contributed by atoms with van der Waals surface area (Å²) in [5.74, 6) is 3.32. The summed E-state index contributed by atoms with van der Waals surface area (Å²) in [5.41, 5.74) is 2.83. The van der Waals surface area contributed by atoms with Crippen molar-refractivity contribution in [3.63, 3.8) is 0 Å². The van der Waals surface area contributed by atoms with Gasteiger partial charge in [-0.3, -0.25) is 4.98 Å². The molecule has 1 aliphatic heterocycles. The first-order valence-electron chi connectivity index (χ1n) is 13.8. The van der Waals surface area contributed by atoms with Crippen molar-refractivity contribution in [2.75, 3.05) is 43.4 Å². The Balaban J connectivity index is 1.13. The van der Waals surface area contributed by atoms with Crippen LogP contribution in [0, 0.1) is 5.92 Å². The van der Waals surface area contributed by atoms with Gasteiger partial charge >= 0.3 is 0 Å². The van der Waals surface area contributed by atoms with E-state index in [0.29, 0.717) is 6.04 Å². The molecule has 2 fully saturated rings. The quantitative estimate of drug-likeness (QED) is 0.287. The Hall–Kier alpha value is -3.23. The SMILES string of the molecule is C[C@H](Nc1nc2ccc(Oc3ccnc(-c4ccc(N5CCN(C)CC5)nc4)c3)cc2s1)C1CCCCC1. The molecule has 7 nitrogen and oxygen atoms in total. The first-order valence-corrected chi connectivity index (χ1v) is 14.6. The summed E-state index contributed by atoms with van der Waals surface area (Å²) in [6, 6.07) is 14.6. The number of piperazine rings is 1. The maximum absolute atomic E-state index is 6.25. The summed E-state index contributed by atoms with van der Waals surface area (Å²) in [4.78, 5) is 18.8. The highest BCUT2D eigenvalue weighted by Gasteiger charge is 2.21. The van der Waals surface area contributed by atoms with Crippen LogP contribution in [0.5, 0.6) is 11.5 Å². The number of rotatable bonds is 7. The van der Waals surface area contributed by atoms with Gasteiger partial charge in [0.25, 0.3) is 0 Å². The molecular weight excluding hydrogens is 492 g/mol. The fourth-order valence-electron chi connectivity index (χ4n) is 5.51. The van der Waals surface area contributed by atoms with Crippen LogP contribution in [0.25, 0.3) is 21.5 Å². The Morgan fingerprint density at radius 2 is 1.76 bits per heavy atom. The Bertz CT molecular complexity index is 1360. The van der Waals surface area contributed by atoms with Crippen LogP contribution in [0.3, 0.4) is 0 Å². The summed E-state index contributed by atoms with van der Waals surface area (Å²) in [7, 11) is 2.16. The molecule has 2 aliphatic rings. The van der Waals surface area contributed by atoms with Gasteiger partial charge in [-0.2, -0.15) is 0 Å². The lowest BCUT2D eigenvalue weighted by Crippen LogP contribution is -2.44. The molecule has 1 N–H and O–H groups in total. The number of likely N-dealkylation sites (N-methyl/N-ethyl adjacent to an activating group) is 1. The molecule has 1 atom stereocenters. The third-order valence-electron chi connectivity index (χ3n) is 7.91. The molecule has 0 bridgehead atoms. The molecule has 1 aliphatic carbocycles. The fourth-order valence-corrected chi connectivity index (χ4v) is 6.50. The maximum atomic E-state index is 6.25.